The summed E-state index contributed by atoms with van der Waals surface area (Å²) in [5.41, 5.74) is 0. The molecule has 1 aliphatic heterocycles. The second kappa shape index (κ2) is 9.42. The van der Waals surface area contributed by atoms with Crippen molar-refractivity contribution in [3.63, 3.8) is 0 Å². The molecule has 24 heavy (non-hydrogen) atoms. The van der Waals surface area contributed by atoms with E-state index < -0.39 is 5.97 Å². The molecule has 6 nitrogen and oxygen atoms in total. The van der Waals surface area contributed by atoms with E-state index in [1.165, 1.54) is 11.3 Å². The van der Waals surface area contributed by atoms with Gasteiger partial charge in [-0.3, -0.25) is 14.4 Å². The number of nitrogens with zero attached hydrogens (tertiary/aromatic N) is 1. The molecule has 0 saturated carbocycles. The summed E-state index contributed by atoms with van der Waals surface area (Å²) in [6, 6.07) is 3.78. The van der Waals surface area contributed by atoms with Crippen molar-refractivity contribution in [2.45, 2.75) is 45.1 Å². The van der Waals surface area contributed by atoms with Crippen molar-refractivity contribution in [2.24, 2.45) is 0 Å². The fourth-order valence-electron chi connectivity index (χ4n) is 2.82. The van der Waals surface area contributed by atoms with Crippen LogP contribution in [0.3, 0.4) is 0 Å². The van der Waals surface area contributed by atoms with Crippen LogP contribution in [-0.4, -0.2) is 48.4 Å². The first-order chi connectivity index (χ1) is 11.6. The van der Waals surface area contributed by atoms with Gasteiger partial charge >= 0.3 is 5.97 Å². The fraction of sp³-hybridized carbons (Fsp3) is 0.588. The lowest BCUT2D eigenvalue weighted by Gasteiger charge is -2.35. The van der Waals surface area contributed by atoms with E-state index in [-0.39, 0.29) is 37.4 Å². The van der Waals surface area contributed by atoms with E-state index in [2.05, 4.69) is 12.2 Å². The average Bonchev–Trinajstić information content (AvgIpc) is 3.14. The smallest absolute Gasteiger partial charge is 0.308 e. The van der Waals surface area contributed by atoms with Gasteiger partial charge in [-0.1, -0.05) is 13.0 Å². The number of hydrogen-bond acceptors (Lipinski definition) is 5. The van der Waals surface area contributed by atoms with Crippen molar-refractivity contribution in [2.75, 3.05) is 19.7 Å². The van der Waals surface area contributed by atoms with Crippen LogP contribution in [0.25, 0.3) is 0 Å². The highest BCUT2D eigenvalue weighted by atomic mass is 32.1. The van der Waals surface area contributed by atoms with E-state index in [1.54, 1.807) is 12.1 Å². The van der Waals surface area contributed by atoms with Crippen LogP contribution in [0.15, 0.2) is 17.5 Å². The normalized spacial score (nSPS) is 17.4. The van der Waals surface area contributed by atoms with Crippen LogP contribution < -0.4 is 5.32 Å². The minimum atomic E-state index is -0.472. The Morgan fingerprint density at radius 2 is 2.21 bits per heavy atom. The van der Waals surface area contributed by atoms with Crippen molar-refractivity contribution in [3.05, 3.63) is 22.4 Å². The second-order valence-electron chi connectivity index (χ2n) is 5.79. The number of ether oxygens (including phenoxy) is 1. The Morgan fingerprint density at radius 3 is 2.92 bits per heavy atom. The number of likely N-dealkylation sites (tertiary alicyclic amines) is 1. The number of carbonyl (C=O) groups excluding carboxylic acids is 3. The molecule has 0 bridgehead atoms. The minimum absolute atomic E-state index is 0.0571. The van der Waals surface area contributed by atoms with Crippen molar-refractivity contribution in [1.82, 2.24) is 10.2 Å². The number of piperidine rings is 1. The summed E-state index contributed by atoms with van der Waals surface area (Å²) in [6.45, 7) is 2.80. The Morgan fingerprint density at radius 1 is 1.38 bits per heavy atom. The quantitative estimate of drug-likeness (QED) is 0.764. The molecule has 1 unspecified atom stereocenters. The maximum absolute atomic E-state index is 12.2. The SMILES string of the molecule is CCC1CCCCN1C(=O)COC(=O)CCNC(=O)c1cccs1. The highest BCUT2D eigenvalue weighted by molar-refractivity contribution is 7.12. The van der Waals surface area contributed by atoms with E-state index >= 15 is 0 Å². The van der Waals surface area contributed by atoms with Crippen LogP contribution in [0.4, 0.5) is 0 Å². The van der Waals surface area contributed by atoms with Crippen molar-refractivity contribution >= 4 is 29.1 Å². The monoisotopic (exact) mass is 352 g/mol. The molecule has 132 valence electrons. The number of nitrogens with one attached hydrogen (secondary N) is 1. The highest BCUT2D eigenvalue weighted by Gasteiger charge is 2.25. The van der Waals surface area contributed by atoms with E-state index in [4.69, 9.17) is 4.74 Å². The predicted molar refractivity (Wildman–Crippen MR) is 91.9 cm³/mol. The van der Waals surface area contributed by atoms with Gasteiger partial charge in [-0.2, -0.15) is 0 Å². The zero-order valence-corrected chi connectivity index (χ0v) is 14.8. The number of carbonyl (C=O) groups is 3. The maximum atomic E-state index is 12.2. The summed E-state index contributed by atoms with van der Waals surface area (Å²) >= 11 is 1.34. The summed E-state index contributed by atoms with van der Waals surface area (Å²) in [6.07, 6.45) is 4.15. The van der Waals surface area contributed by atoms with Crippen LogP contribution in [0, 0.1) is 0 Å². The fourth-order valence-corrected chi connectivity index (χ4v) is 3.46. The van der Waals surface area contributed by atoms with Crippen LogP contribution in [-0.2, 0) is 14.3 Å². The molecule has 2 heterocycles. The molecule has 1 saturated heterocycles. The molecule has 0 spiro atoms. The number of hydrogen-bond donors (Lipinski definition) is 1. The molecule has 0 radical (unpaired) electrons. The Kier molecular flexibility index (Phi) is 7.24. The maximum Gasteiger partial charge on any atom is 0.308 e. The predicted octanol–water partition coefficient (Wildman–Crippen LogP) is 2.20. The molecule has 2 rings (SSSR count). The van der Waals surface area contributed by atoms with Crippen LogP contribution in [0.2, 0.25) is 0 Å². The largest absolute Gasteiger partial charge is 0.456 e. The van der Waals surface area contributed by atoms with E-state index in [0.717, 1.165) is 32.2 Å². The van der Waals surface area contributed by atoms with Gasteiger partial charge in [0.25, 0.3) is 11.8 Å². The summed E-state index contributed by atoms with van der Waals surface area (Å²) in [7, 11) is 0. The molecule has 1 aromatic rings. The zero-order valence-electron chi connectivity index (χ0n) is 14.0. The standard InChI is InChI=1S/C17H24N2O4S/c1-2-13-6-3-4-10-19(13)15(20)12-23-16(21)8-9-18-17(22)14-7-5-11-24-14/h5,7,11,13H,2-4,6,8-10,12H2,1H3,(H,18,22). The third-order valence-corrected chi connectivity index (χ3v) is 5.00. The lowest BCUT2D eigenvalue weighted by atomic mass is 10.00. The molecule has 1 aliphatic rings. The molecule has 1 fully saturated rings. The molecule has 1 N–H and O–H groups in total. The van der Waals surface area contributed by atoms with Crippen molar-refractivity contribution in [3.8, 4) is 0 Å². The van der Waals surface area contributed by atoms with E-state index in [9.17, 15) is 14.4 Å². The van der Waals surface area contributed by atoms with Crippen LogP contribution in [0.1, 0.15) is 48.7 Å². The number of esters is 1. The third-order valence-electron chi connectivity index (χ3n) is 4.14. The first-order valence-electron chi connectivity index (χ1n) is 8.38. The van der Waals surface area contributed by atoms with Crippen molar-refractivity contribution < 1.29 is 19.1 Å². The van der Waals surface area contributed by atoms with Gasteiger partial charge in [0, 0.05) is 19.1 Å². The van der Waals surface area contributed by atoms with Gasteiger partial charge in [-0.15, -0.1) is 11.3 Å². The zero-order chi connectivity index (χ0) is 17.4. The van der Waals surface area contributed by atoms with Gasteiger partial charge in [0.05, 0.1) is 11.3 Å². The first-order valence-corrected chi connectivity index (χ1v) is 9.26. The van der Waals surface area contributed by atoms with E-state index in [1.807, 2.05) is 10.3 Å². The van der Waals surface area contributed by atoms with Crippen LogP contribution in [0.5, 0.6) is 0 Å². The second-order valence-corrected chi connectivity index (χ2v) is 6.74. The third kappa shape index (κ3) is 5.33. The summed E-state index contributed by atoms with van der Waals surface area (Å²) in [5, 5.41) is 4.48. The number of thiophene rings is 1. The van der Waals surface area contributed by atoms with E-state index in [0.29, 0.717) is 4.88 Å². The molecular formula is C17H24N2O4S. The number of amides is 2. The molecular weight excluding hydrogens is 328 g/mol. The van der Waals surface area contributed by atoms with Crippen LogP contribution >= 0.6 is 11.3 Å². The van der Waals surface area contributed by atoms with Gasteiger partial charge in [0.1, 0.15) is 0 Å². The summed E-state index contributed by atoms with van der Waals surface area (Å²) in [5.74, 6) is -0.801. The Balaban J connectivity index is 1.65. The van der Waals surface area contributed by atoms with Gasteiger partial charge < -0.3 is 15.0 Å². The number of rotatable bonds is 7. The lowest BCUT2D eigenvalue weighted by molar-refractivity contribution is -0.153. The van der Waals surface area contributed by atoms with Gasteiger partial charge in [-0.25, -0.2) is 0 Å². The van der Waals surface area contributed by atoms with Gasteiger partial charge in [-0.05, 0) is 37.1 Å². The molecule has 0 aromatic carbocycles. The molecule has 1 atom stereocenters. The summed E-state index contributed by atoms with van der Waals surface area (Å²) in [4.78, 5) is 38.0. The van der Waals surface area contributed by atoms with Gasteiger partial charge in [0.2, 0.25) is 0 Å². The van der Waals surface area contributed by atoms with Crippen molar-refractivity contribution in [1.29, 1.82) is 0 Å². The Labute approximate surface area is 146 Å². The first kappa shape index (κ1) is 18.4. The Bertz CT molecular complexity index is 559. The lowest BCUT2D eigenvalue weighted by Crippen LogP contribution is -2.45. The average molecular weight is 352 g/mol. The molecule has 7 heteroatoms. The minimum Gasteiger partial charge on any atom is -0.456 e. The topological polar surface area (TPSA) is 75.7 Å². The highest BCUT2D eigenvalue weighted by Crippen LogP contribution is 2.19. The molecule has 0 aliphatic carbocycles. The molecule has 1 aromatic heterocycles. The molecule has 2 amide bonds. The van der Waals surface area contributed by atoms with Gasteiger partial charge in [0.15, 0.2) is 6.61 Å². The Hall–Kier alpha value is -1.89. The summed E-state index contributed by atoms with van der Waals surface area (Å²) < 4.78 is 5.04.